The van der Waals surface area contributed by atoms with Crippen LogP contribution in [0.5, 0.6) is 0 Å². The lowest BCUT2D eigenvalue weighted by Gasteiger charge is -2.33. The summed E-state index contributed by atoms with van der Waals surface area (Å²) in [6.07, 6.45) is 0. The van der Waals surface area contributed by atoms with Gasteiger partial charge in [-0.2, -0.15) is 0 Å². The van der Waals surface area contributed by atoms with Gasteiger partial charge in [0, 0.05) is 5.69 Å². The van der Waals surface area contributed by atoms with Crippen molar-refractivity contribution in [2.24, 2.45) is 0 Å². The number of likely N-dealkylation sites (N-methyl/N-ethyl adjacent to an activating group) is 1. The largest absolute Gasteiger partial charge is 0.444 e. The minimum absolute atomic E-state index is 0.251. The first kappa shape index (κ1) is 17.3. The third-order valence-electron chi connectivity index (χ3n) is 4.31. The molecule has 1 amide bonds. The third kappa shape index (κ3) is 3.94. The Bertz CT molecular complexity index is 726. The van der Waals surface area contributed by atoms with E-state index in [0.717, 1.165) is 38.4 Å². The van der Waals surface area contributed by atoms with Crippen LogP contribution < -0.4 is 15.1 Å². The van der Waals surface area contributed by atoms with Crippen LogP contribution in [0.15, 0.2) is 39.4 Å². The van der Waals surface area contributed by atoms with Crippen molar-refractivity contribution in [3.05, 3.63) is 45.8 Å². The molecule has 1 fully saturated rings. The predicted molar refractivity (Wildman–Crippen MR) is 99.3 cm³/mol. The molecule has 0 spiro atoms. The van der Waals surface area contributed by atoms with Crippen LogP contribution in [0.4, 0.5) is 11.4 Å². The van der Waals surface area contributed by atoms with Gasteiger partial charge in [0.1, 0.15) is 0 Å². The molecule has 1 aliphatic rings. The number of carbonyl (C=O) groups excluding carboxylic acids is 1. The van der Waals surface area contributed by atoms with Crippen LogP contribution in [-0.4, -0.2) is 38.6 Å². The first-order chi connectivity index (χ1) is 11.6. The lowest BCUT2D eigenvalue weighted by atomic mass is 10.2. The number of piperazine rings is 1. The Kier molecular flexibility index (Phi) is 5.48. The fourth-order valence-corrected chi connectivity index (χ4v) is 3.49. The molecular formula is C17H20BrClN3O2+. The number of hydrogen-bond donors (Lipinski definition) is 2. The fourth-order valence-electron chi connectivity index (χ4n) is 2.89. The Balaban J connectivity index is 1.67. The number of hydrogen-bond acceptors (Lipinski definition) is 3. The summed E-state index contributed by atoms with van der Waals surface area (Å²) in [5.41, 5.74) is 1.67. The van der Waals surface area contributed by atoms with Gasteiger partial charge in [0.15, 0.2) is 10.4 Å². The van der Waals surface area contributed by atoms with Crippen molar-refractivity contribution in [3.63, 3.8) is 0 Å². The minimum atomic E-state index is -0.301. The quantitative estimate of drug-likeness (QED) is 0.810. The molecule has 5 nitrogen and oxygen atoms in total. The fraction of sp³-hybridized carbons (Fsp3) is 0.353. The summed E-state index contributed by atoms with van der Waals surface area (Å²) in [6, 6.07) is 8.92. The first-order valence-electron chi connectivity index (χ1n) is 8.01. The molecule has 2 heterocycles. The number of benzene rings is 1. The summed E-state index contributed by atoms with van der Waals surface area (Å²) in [4.78, 5) is 16.0. The number of furan rings is 1. The monoisotopic (exact) mass is 412 g/mol. The van der Waals surface area contributed by atoms with E-state index in [4.69, 9.17) is 16.0 Å². The first-order valence-corrected chi connectivity index (χ1v) is 9.18. The van der Waals surface area contributed by atoms with Crippen LogP contribution >= 0.6 is 27.5 Å². The molecule has 2 N–H and O–H groups in total. The highest BCUT2D eigenvalue weighted by Gasteiger charge is 2.20. The average molecular weight is 414 g/mol. The van der Waals surface area contributed by atoms with E-state index in [0.29, 0.717) is 15.4 Å². The topological polar surface area (TPSA) is 49.9 Å². The molecule has 2 aromatic rings. The Morgan fingerprint density at radius 3 is 2.67 bits per heavy atom. The summed E-state index contributed by atoms with van der Waals surface area (Å²) >= 11 is 9.62. The molecule has 7 heteroatoms. The van der Waals surface area contributed by atoms with Crippen LogP contribution in [0.1, 0.15) is 17.5 Å². The molecule has 1 aromatic carbocycles. The van der Waals surface area contributed by atoms with E-state index in [1.54, 1.807) is 23.1 Å². The number of anilines is 2. The highest BCUT2D eigenvalue weighted by molar-refractivity contribution is 9.10. The molecule has 0 unspecified atom stereocenters. The highest BCUT2D eigenvalue weighted by Crippen LogP contribution is 2.29. The van der Waals surface area contributed by atoms with Gasteiger partial charge >= 0.3 is 0 Å². The second-order valence-electron chi connectivity index (χ2n) is 5.81. The van der Waals surface area contributed by atoms with Gasteiger partial charge in [-0.3, -0.25) is 4.79 Å². The second-order valence-corrected chi connectivity index (χ2v) is 7.00. The van der Waals surface area contributed by atoms with Gasteiger partial charge < -0.3 is 19.5 Å². The lowest BCUT2D eigenvalue weighted by molar-refractivity contribution is -0.898. The summed E-state index contributed by atoms with van der Waals surface area (Å²) in [6.45, 7) is 7.61. The van der Waals surface area contributed by atoms with Gasteiger partial charge in [-0.1, -0.05) is 11.6 Å². The molecule has 0 radical (unpaired) electrons. The smallest absolute Gasteiger partial charge is 0.291 e. The maximum Gasteiger partial charge on any atom is 0.291 e. The standard InChI is InChI=1S/C17H19BrClN3O2/c1-2-21-7-9-22(10-8-21)14-4-3-12(11-13(14)19)20-17(23)15-5-6-16(18)24-15/h3-6,11H,2,7-10H2,1H3,(H,20,23)/p+1. The molecule has 3 rings (SSSR count). The van der Waals surface area contributed by atoms with Crippen molar-refractivity contribution >= 4 is 44.8 Å². The van der Waals surface area contributed by atoms with Crippen molar-refractivity contribution < 1.29 is 14.1 Å². The Labute approximate surface area is 154 Å². The van der Waals surface area contributed by atoms with Gasteiger partial charge in [0.25, 0.3) is 5.91 Å². The molecule has 128 valence electrons. The van der Waals surface area contributed by atoms with Gasteiger partial charge in [-0.15, -0.1) is 0 Å². The molecule has 0 saturated carbocycles. The van der Waals surface area contributed by atoms with Crippen molar-refractivity contribution in [1.29, 1.82) is 0 Å². The van der Waals surface area contributed by atoms with E-state index in [9.17, 15) is 4.79 Å². The van der Waals surface area contributed by atoms with E-state index >= 15 is 0 Å². The number of amides is 1. The molecule has 1 aromatic heterocycles. The number of halogens is 2. The van der Waals surface area contributed by atoms with Crippen LogP contribution in [0, 0.1) is 0 Å². The normalized spacial score (nSPS) is 15.5. The molecule has 0 aliphatic carbocycles. The van der Waals surface area contributed by atoms with E-state index in [-0.39, 0.29) is 11.7 Å². The molecular weight excluding hydrogens is 394 g/mol. The van der Waals surface area contributed by atoms with Crippen molar-refractivity contribution in [2.45, 2.75) is 6.92 Å². The molecule has 1 saturated heterocycles. The lowest BCUT2D eigenvalue weighted by Crippen LogP contribution is -3.14. The summed E-state index contributed by atoms with van der Waals surface area (Å²) in [5.74, 6) is -0.0505. The maximum absolute atomic E-state index is 12.1. The van der Waals surface area contributed by atoms with E-state index in [2.05, 4.69) is 33.1 Å². The molecule has 24 heavy (non-hydrogen) atoms. The third-order valence-corrected chi connectivity index (χ3v) is 5.04. The van der Waals surface area contributed by atoms with Crippen LogP contribution in [0.3, 0.4) is 0 Å². The Hall–Kier alpha value is -1.50. The Morgan fingerprint density at radius 2 is 2.08 bits per heavy atom. The zero-order chi connectivity index (χ0) is 17.1. The number of carbonyl (C=O) groups is 1. The highest BCUT2D eigenvalue weighted by atomic mass is 79.9. The number of nitrogens with one attached hydrogen (secondary N) is 2. The van der Waals surface area contributed by atoms with Gasteiger partial charge in [-0.05, 0) is 53.2 Å². The minimum Gasteiger partial charge on any atom is -0.444 e. The van der Waals surface area contributed by atoms with Crippen molar-refractivity contribution in [3.8, 4) is 0 Å². The number of quaternary nitrogens is 1. The maximum atomic E-state index is 12.1. The van der Waals surface area contributed by atoms with Crippen LogP contribution in [0.2, 0.25) is 5.02 Å². The van der Waals surface area contributed by atoms with Crippen molar-refractivity contribution in [1.82, 2.24) is 0 Å². The van der Waals surface area contributed by atoms with E-state index < -0.39 is 0 Å². The SMILES string of the molecule is CC[NH+]1CCN(c2ccc(NC(=O)c3ccc(Br)o3)cc2Cl)CC1. The summed E-state index contributed by atoms with van der Waals surface area (Å²) in [7, 11) is 0. The zero-order valence-corrected chi connectivity index (χ0v) is 15.8. The summed E-state index contributed by atoms with van der Waals surface area (Å²) < 4.78 is 5.77. The number of rotatable bonds is 4. The molecule has 0 bridgehead atoms. The van der Waals surface area contributed by atoms with E-state index in [1.165, 1.54) is 0 Å². The summed E-state index contributed by atoms with van der Waals surface area (Å²) in [5, 5.41) is 3.44. The van der Waals surface area contributed by atoms with Gasteiger partial charge in [0.2, 0.25) is 0 Å². The number of nitrogens with zero attached hydrogens (tertiary/aromatic N) is 1. The Morgan fingerprint density at radius 1 is 1.33 bits per heavy atom. The van der Waals surface area contributed by atoms with Gasteiger partial charge in [0.05, 0.1) is 43.4 Å². The van der Waals surface area contributed by atoms with Crippen LogP contribution in [-0.2, 0) is 0 Å². The second kappa shape index (κ2) is 7.59. The average Bonchev–Trinajstić information content (AvgIpc) is 3.02. The van der Waals surface area contributed by atoms with Crippen LogP contribution in [0.25, 0.3) is 0 Å². The predicted octanol–water partition coefficient (Wildman–Crippen LogP) is 2.67. The van der Waals surface area contributed by atoms with Gasteiger partial charge in [-0.25, -0.2) is 0 Å². The molecule has 0 atom stereocenters. The zero-order valence-electron chi connectivity index (χ0n) is 13.4. The molecule has 1 aliphatic heterocycles. The van der Waals surface area contributed by atoms with E-state index in [1.807, 2.05) is 12.1 Å². The van der Waals surface area contributed by atoms with Crippen molar-refractivity contribution in [2.75, 3.05) is 42.9 Å².